The fraction of sp³-hybridized carbons (Fsp3) is 0.478. The average Bonchev–Trinajstić information content (AvgIpc) is 3.32. The van der Waals surface area contributed by atoms with E-state index in [1.54, 1.807) is 11.3 Å². The maximum Gasteiger partial charge on any atom is 0.233 e. The molecule has 5 rings (SSSR count). The van der Waals surface area contributed by atoms with Crippen LogP contribution in [0.1, 0.15) is 49.6 Å². The number of nitrogens with zero attached hydrogens (tertiary/aromatic N) is 3. The summed E-state index contributed by atoms with van der Waals surface area (Å²) in [5.41, 5.74) is 0.972. The van der Waals surface area contributed by atoms with Gasteiger partial charge in [-0.2, -0.15) is 0 Å². The van der Waals surface area contributed by atoms with E-state index in [0.29, 0.717) is 19.4 Å². The predicted molar refractivity (Wildman–Crippen MR) is 115 cm³/mol. The molecule has 6 nitrogen and oxygen atoms in total. The Labute approximate surface area is 179 Å². The minimum Gasteiger partial charge on any atom is -0.333 e. The molecule has 3 atom stereocenters. The molecule has 2 saturated heterocycles. The Morgan fingerprint density at radius 3 is 2.53 bits per heavy atom. The van der Waals surface area contributed by atoms with Gasteiger partial charge in [-0.25, -0.2) is 4.98 Å². The standard InChI is InChI=1S/C23H25N3O3S/c27-20(12-14-26-22(28)15-7-1-2-8-16(15)23(26)29)25-13-6-5-10-18(25)21-24-17-9-3-4-11-19(17)30-21/h1-4,9,11,15-16,18H,5-8,10,12-14H2. The number of allylic oxidation sites excluding steroid dienone is 2. The van der Waals surface area contributed by atoms with Gasteiger partial charge in [0.05, 0.1) is 28.1 Å². The molecule has 1 aromatic carbocycles. The van der Waals surface area contributed by atoms with Crippen molar-refractivity contribution < 1.29 is 14.4 Å². The molecule has 2 fully saturated rings. The summed E-state index contributed by atoms with van der Waals surface area (Å²) in [6.07, 6.45) is 8.37. The van der Waals surface area contributed by atoms with E-state index < -0.39 is 0 Å². The molecule has 7 heteroatoms. The van der Waals surface area contributed by atoms with Crippen molar-refractivity contribution in [2.24, 2.45) is 11.8 Å². The molecule has 1 aromatic heterocycles. The van der Waals surface area contributed by atoms with E-state index >= 15 is 0 Å². The lowest BCUT2D eigenvalue weighted by Crippen LogP contribution is -2.41. The molecule has 0 saturated carbocycles. The highest BCUT2D eigenvalue weighted by Crippen LogP contribution is 2.37. The number of likely N-dealkylation sites (tertiary alicyclic amines) is 2. The zero-order valence-electron chi connectivity index (χ0n) is 16.8. The van der Waals surface area contributed by atoms with Gasteiger partial charge in [-0.3, -0.25) is 19.3 Å². The van der Waals surface area contributed by atoms with Crippen LogP contribution in [0.15, 0.2) is 36.4 Å². The van der Waals surface area contributed by atoms with Crippen molar-refractivity contribution in [2.45, 2.75) is 44.6 Å². The fourth-order valence-corrected chi connectivity index (χ4v) is 6.08. The molecular weight excluding hydrogens is 398 g/mol. The smallest absolute Gasteiger partial charge is 0.233 e. The summed E-state index contributed by atoms with van der Waals surface area (Å²) >= 11 is 1.65. The van der Waals surface area contributed by atoms with Crippen LogP contribution in [-0.4, -0.2) is 45.6 Å². The highest BCUT2D eigenvalue weighted by Gasteiger charge is 2.47. The van der Waals surface area contributed by atoms with E-state index in [1.165, 1.54) is 4.90 Å². The minimum atomic E-state index is -0.233. The SMILES string of the molecule is O=C1C2CC=CCC2C(=O)N1CCC(=O)N1CCCCC1c1nc2ccccc2s1. The van der Waals surface area contributed by atoms with Gasteiger partial charge in [0.15, 0.2) is 0 Å². The van der Waals surface area contributed by atoms with Crippen molar-refractivity contribution >= 4 is 39.3 Å². The van der Waals surface area contributed by atoms with Crippen LogP contribution in [0.25, 0.3) is 10.2 Å². The van der Waals surface area contributed by atoms with Crippen LogP contribution in [0.5, 0.6) is 0 Å². The van der Waals surface area contributed by atoms with E-state index in [-0.39, 0.29) is 48.6 Å². The quantitative estimate of drug-likeness (QED) is 0.555. The highest BCUT2D eigenvalue weighted by molar-refractivity contribution is 7.18. The molecule has 3 unspecified atom stereocenters. The Kier molecular flexibility index (Phi) is 5.15. The highest BCUT2D eigenvalue weighted by atomic mass is 32.1. The molecule has 1 aliphatic carbocycles. The average molecular weight is 424 g/mol. The third-order valence-electron chi connectivity index (χ3n) is 6.57. The van der Waals surface area contributed by atoms with E-state index in [0.717, 1.165) is 34.5 Å². The Balaban J connectivity index is 1.29. The lowest BCUT2D eigenvalue weighted by atomic mass is 9.85. The maximum absolute atomic E-state index is 13.1. The molecule has 2 aromatic rings. The number of rotatable bonds is 4. The van der Waals surface area contributed by atoms with Gasteiger partial charge in [-0.05, 0) is 44.2 Å². The summed E-state index contributed by atoms with van der Waals surface area (Å²) < 4.78 is 1.13. The van der Waals surface area contributed by atoms with Gasteiger partial charge in [-0.1, -0.05) is 24.3 Å². The lowest BCUT2D eigenvalue weighted by Gasteiger charge is -2.35. The number of thiazole rings is 1. The number of hydrogen-bond acceptors (Lipinski definition) is 5. The Bertz CT molecular complexity index is 971. The molecule has 0 spiro atoms. The number of carbonyl (C=O) groups is 3. The van der Waals surface area contributed by atoms with Crippen LogP contribution in [0.2, 0.25) is 0 Å². The summed E-state index contributed by atoms with van der Waals surface area (Å²) in [6.45, 7) is 0.892. The van der Waals surface area contributed by atoms with Crippen LogP contribution in [-0.2, 0) is 14.4 Å². The second-order valence-electron chi connectivity index (χ2n) is 8.35. The molecular formula is C23H25N3O3S. The molecule has 3 amide bonds. The number of fused-ring (bicyclic) bond motifs is 2. The predicted octanol–water partition coefficient (Wildman–Crippen LogP) is 3.69. The first-order valence-electron chi connectivity index (χ1n) is 10.8. The van der Waals surface area contributed by atoms with E-state index in [4.69, 9.17) is 4.98 Å². The number of aromatic nitrogens is 1. The summed E-state index contributed by atoms with van der Waals surface area (Å²) in [5.74, 6) is -0.675. The van der Waals surface area contributed by atoms with Crippen molar-refractivity contribution in [3.63, 3.8) is 0 Å². The van der Waals surface area contributed by atoms with Crippen LogP contribution in [0.3, 0.4) is 0 Å². The van der Waals surface area contributed by atoms with Crippen LogP contribution in [0, 0.1) is 11.8 Å². The first-order valence-corrected chi connectivity index (χ1v) is 11.6. The number of benzene rings is 1. The maximum atomic E-state index is 13.1. The monoisotopic (exact) mass is 423 g/mol. The van der Waals surface area contributed by atoms with Crippen molar-refractivity contribution in [3.05, 3.63) is 41.4 Å². The van der Waals surface area contributed by atoms with Gasteiger partial charge < -0.3 is 4.90 Å². The lowest BCUT2D eigenvalue weighted by molar-refractivity contribution is -0.141. The second-order valence-corrected chi connectivity index (χ2v) is 9.41. The van der Waals surface area contributed by atoms with Crippen LogP contribution < -0.4 is 0 Å². The molecule has 156 valence electrons. The van der Waals surface area contributed by atoms with Crippen molar-refractivity contribution in [3.8, 4) is 0 Å². The van der Waals surface area contributed by atoms with Gasteiger partial charge >= 0.3 is 0 Å². The van der Waals surface area contributed by atoms with Gasteiger partial charge in [0.2, 0.25) is 17.7 Å². The van der Waals surface area contributed by atoms with Crippen LogP contribution >= 0.6 is 11.3 Å². The summed E-state index contributed by atoms with van der Waals surface area (Å²) in [4.78, 5) is 46.5. The van der Waals surface area contributed by atoms with Crippen molar-refractivity contribution in [1.82, 2.24) is 14.8 Å². The number of piperidine rings is 1. The zero-order chi connectivity index (χ0) is 20.7. The summed E-state index contributed by atoms with van der Waals surface area (Å²) in [6, 6.07) is 8.03. The van der Waals surface area contributed by atoms with Crippen molar-refractivity contribution in [2.75, 3.05) is 13.1 Å². The number of amides is 3. The molecule has 30 heavy (non-hydrogen) atoms. The third-order valence-corrected chi connectivity index (χ3v) is 7.70. The van der Waals surface area contributed by atoms with Gasteiger partial charge in [0.25, 0.3) is 0 Å². The number of hydrogen-bond donors (Lipinski definition) is 0. The van der Waals surface area contributed by atoms with E-state index in [1.807, 2.05) is 35.3 Å². The summed E-state index contributed by atoms with van der Waals surface area (Å²) in [7, 11) is 0. The molecule has 3 aliphatic rings. The molecule has 3 heterocycles. The number of carbonyl (C=O) groups excluding carboxylic acids is 3. The van der Waals surface area contributed by atoms with Crippen molar-refractivity contribution in [1.29, 1.82) is 0 Å². The first-order chi connectivity index (χ1) is 14.6. The van der Waals surface area contributed by atoms with Gasteiger partial charge in [-0.15, -0.1) is 11.3 Å². The largest absolute Gasteiger partial charge is 0.333 e. The number of para-hydroxylation sites is 1. The van der Waals surface area contributed by atoms with Gasteiger partial charge in [0, 0.05) is 19.5 Å². The van der Waals surface area contributed by atoms with E-state index in [9.17, 15) is 14.4 Å². The first kappa shape index (κ1) is 19.4. The molecule has 2 aliphatic heterocycles. The molecule has 0 bridgehead atoms. The second kappa shape index (κ2) is 7.95. The Hall–Kier alpha value is -2.54. The van der Waals surface area contributed by atoms with Crippen LogP contribution in [0.4, 0.5) is 0 Å². The number of imide groups is 1. The molecule has 0 radical (unpaired) electrons. The third kappa shape index (κ3) is 3.35. The minimum absolute atomic E-state index is 0.00699. The zero-order valence-corrected chi connectivity index (χ0v) is 17.6. The van der Waals surface area contributed by atoms with E-state index in [2.05, 4.69) is 6.07 Å². The topological polar surface area (TPSA) is 70.6 Å². The Morgan fingerprint density at radius 2 is 1.80 bits per heavy atom. The Morgan fingerprint density at radius 1 is 1.07 bits per heavy atom. The van der Waals surface area contributed by atoms with Gasteiger partial charge in [0.1, 0.15) is 5.01 Å². The fourth-order valence-electron chi connectivity index (χ4n) is 4.96. The summed E-state index contributed by atoms with van der Waals surface area (Å²) in [5, 5.41) is 0.981. The normalized spacial score (nSPS) is 26.5. The molecule has 0 N–H and O–H groups in total.